The molecule has 2 N–H and O–H groups in total. The summed E-state index contributed by atoms with van der Waals surface area (Å²) in [5, 5.41) is 4.37. The Bertz CT molecular complexity index is 338. The second-order valence-electron chi connectivity index (χ2n) is 5.01. The molecule has 0 fully saturated rings. The Morgan fingerprint density at radius 1 is 1.64 bits per heavy atom. The number of nitrogens with two attached hydrogens (primary N) is 1. The van der Waals surface area contributed by atoms with Gasteiger partial charge in [0.15, 0.2) is 0 Å². The molecule has 3 nitrogen and oxygen atoms in total. The Morgan fingerprint density at radius 2 is 2.36 bits per heavy atom. The van der Waals surface area contributed by atoms with Crippen molar-refractivity contribution >= 4 is 0 Å². The minimum Gasteiger partial charge on any atom is -0.324 e. The summed E-state index contributed by atoms with van der Waals surface area (Å²) >= 11 is 0. The van der Waals surface area contributed by atoms with Gasteiger partial charge in [0.05, 0.1) is 6.20 Å². The molecule has 78 valence electrons. The molecule has 0 aliphatic heterocycles. The summed E-state index contributed by atoms with van der Waals surface area (Å²) in [5.41, 5.74) is 9.05. The molecule has 1 aliphatic rings. The molecule has 0 amide bonds. The van der Waals surface area contributed by atoms with E-state index >= 15 is 0 Å². The predicted molar refractivity (Wildman–Crippen MR) is 56.9 cm³/mol. The average molecular weight is 193 g/mol. The summed E-state index contributed by atoms with van der Waals surface area (Å²) in [5.74, 6) is 0. The third-order valence-electron chi connectivity index (χ3n) is 3.10. The standard InChI is InChI=1S/C11H19N3/c1-4-14-10-6-11(2,3)5-9(12)8(10)7-13-14/h7,9H,4-6,12H2,1-3H3. The Labute approximate surface area is 85.3 Å². The van der Waals surface area contributed by atoms with Crippen LogP contribution in [-0.2, 0) is 13.0 Å². The van der Waals surface area contributed by atoms with Crippen LogP contribution >= 0.6 is 0 Å². The Kier molecular flexibility index (Phi) is 2.14. The second kappa shape index (κ2) is 3.09. The van der Waals surface area contributed by atoms with Crippen LogP contribution in [0.25, 0.3) is 0 Å². The van der Waals surface area contributed by atoms with Gasteiger partial charge >= 0.3 is 0 Å². The van der Waals surface area contributed by atoms with Gasteiger partial charge in [-0.15, -0.1) is 0 Å². The number of aromatic nitrogens is 2. The van der Waals surface area contributed by atoms with E-state index in [-0.39, 0.29) is 6.04 Å². The van der Waals surface area contributed by atoms with Crippen LogP contribution < -0.4 is 5.73 Å². The highest BCUT2D eigenvalue weighted by molar-refractivity contribution is 5.26. The summed E-state index contributed by atoms with van der Waals surface area (Å²) in [6.07, 6.45) is 4.11. The molecule has 1 aromatic rings. The summed E-state index contributed by atoms with van der Waals surface area (Å²) in [7, 11) is 0. The molecule has 0 spiro atoms. The third-order valence-corrected chi connectivity index (χ3v) is 3.10. The lowest BCUT2D eigenvalue weighted by atomic mass is 9.75. The van der Waals surface area contributed by atoms with Crippen LogP contribution in [0.2, 0.25) is 0 Å². The van der Waals surface area contributed by atoms with E-state index in [0.29, 0.717) is 5.41 Å². The van der Waals surface area contributed by atoms with E-state index in [4.69, 9.17) is 5.73 Å². The minimum atomic E-state index is 0.175. The third kappa shape index (κ3) is 1.46. The van der Waals surface area contributed by atoms with Crippen molar-refractivity contribution in [2.75, 3.05) is 0 Å². The van der Waals surface area contributed by atoms with Gasteiger partial charge in [0.2, 0.25) is 0 Å². The van der Waals surface area contributed by atoms with Crippen LogP contribution in [0, 0.1) is 5.41 Å². The largest absolute Gasteiger partial charge is 0.324 e. The molecule has 2 rings (SSSR count). The van der Waals surface area contributed by atoms with Gasteiger partial charge in [0.1, 0.15) is 0 Å². The molecular weight excluding hydrogens is 174 g/mol. The summed E-state index contributed by atoms with van der Waals surface area (Å²) < 4.78 is 2.08. The van der Waals surface area contributed by atoms with Crippen LogP contribution in [0.3, 0.4) is 0 Å². The first-order valence-electron chi connectivity index (χ1n) is 5.33. The zero-order valence-corrected chi connectivity index (χ0v) is 9.25. The average Bonchev–Trinajstić information content (AvgIpc) is 2.45. The van der Waals surface area contributed by atoms with Gasteiger partial charge in [-0.3, -0.25) is 4.68 Å². The van der Waals surface area contributed by atoms with E-state index in [0.717, 1.165) is 19.4 Å². The number of rotatable bonds is 1. The fourth-order valence-electron chi connectivity index (χ4n) is 2.43. The monoisotopic (exact) mass is 193 g/mol. The quantitative estimate of drug-likeness (QED) is 0.740. The maximum Gasteiger partial charge on any atom is 0.0540 e. The van der Waals surface area contributed by atoms with Crippen LogP contribution in [0.5, 0.6) is 0 Å². The Balaban J connectivity index is 2.43. The van der Waals surface area contributed by atoms with Gasteiger partial charge in [-0.1, -0.05) is 13.8 Å². The fraction of sp³-hybridized carbons (Fsp3) is 0.727. The van der Waals surface area contributed by atoms with Gasteiger partial charge in [-0.25, -0.2) is 0 Å². The van der Waals surface area contributed by atoms with Crippen molar-refractivity contribution < 1.29 is 0 Å². The van der Waals surface area contributed by atoms with Crippen molar-refractivity contribution in [3.63, 3.8) is 0 Å². The number of fused-ring (bicyclic) bond motifs is 1. The van der Waals surface area contributed by atoms with Gasteiger partial charge < -0.3 is 5.73 Å². The highest BCUT2D eigenvalue weighted by Gasteiger charge is 2.32. The molecule has 1 aromatic heterocycles. The van der Waals surface area contributed by atoms with Gasteiger partial charge in [0.25, 0.3) is 0 Å². The van der Waals surface area contributed by atoms with E-state index in [1.165, 1.54) is 11.3 Å². The Morgan fingerprint density at radius 3 is 3.00 bits per heavy atom. The molecule has 0 saturated heterocycles. The van der Waals surface area contributed by atoms with E-state index in [1.807, 2.05) is 6.20 Å². The van der Waals surface area contributed by atoms with Gasteiger partial charge in [0, 0.05) is 23.8 Å². The molecule has 14 heavy (non-hydrogen) atoms. The fourth-order valence-corrected chi connectivity index (χ4v) is 2.43. The minimum absolute atomic E-state index is 0.175. The zero-order valence-electron chi connectivity index (χ0n) is 9.25. The number of hydrogen-bond donors (Lipinski definition) is 1. The summed E-state index contributed by atoms with van der Waals surface area (Å²) in [6.45, 7) is 7.63. The smallest absolute Gasteiger partial charge is 0.0540 e. The lowest BCUT2D eigenvalue weighted by molar-refractivity contribution is 0.274. The van der Waals surface area contributed by atoms with Crippen LogP contribution in [0.15, 0.2) is 6.20 Å². The first-order chi connectivity index (χ1) is 6.53. The number of aryl methyl sites for hydroxylation is 1. The highest BCUT2D eigenvalue weighted by Crippen LogP contribution is 2.39. The maximum atomic E-state index is 6.14. The zero-order chi connectivity index (χ0) is 10.3. The van der Waals surface area contributed by atoms with Crippen molar-refractivity contribution in [3.05, 3.63) is 17.5 Å². The maximum absolute atomic E-state index is 6.14. The van der Waals surface area contributed by atoms with Crippen LogP contribution in [-0.4, -0.2) is 9.78 Å². The van der Waals surface area contributed by atoms with Crippen molar-refractivity contribution in [2.45, 2.75) is 46.2 Å². The van der Waals surface area contributed by atoms with Gasteiger partial charge in [-0.05, 0) is 25.2 Å². The molecule has 1 aliphatic carbocycles. The normalized spacial score (nSPS) is 24.7. The van der Waals surface area contributed by atoms with Crippen LogP contribution in [0.4, 0.5) is 0 Å². The summed E-state index contributed by atoms with van der Waals surface area (Å²) in [4.78, 5) is 0. The lowest BCUT2D eigenvalue weighted by Gasteiger charge is -2.33. The molecule has 1 atom stereocenters. The second-order valence-corrected chi connectivity index (χ2v) is 5.01. The number of nitrogens with zero attached hydrogens (tertiary/aromatic N) is 2. The van der Waals surface area contributed by atoms with E-state index in [9.17, 15) is 0 Å². The highest BCUT2D eigenvalue weighted by atomic mass is 15.3. The Hall–Kier alpha value is -0.830. The van der Waals surface area contributed by atoms with Crippen molar-refractivity contribution in [1.82, 2.24) is 9.78 Å². The SMILES string of the molecule is CCn1ncc2c1CC(C)(C)CC2N. The summed E-state index contributed by atoms with van der Waals surface area (Å²) in [6, 6.07) is 0.175. The van der Waals surface area contributed by atoms with Crippen LogP contribution in [0.1, 0.15) is 44.5 Å². The molecule has 0 bridgehead atoms. The van der Waals surface area contributed by atoms with E-state index in [1.54, 1.807) is 0 Å². The molecule has 0 radical (unpaired) electrons. The molecular formula is C11H19N3. The van der Waals surface area contributed by atoms with E-state index < -0.39 is 0 Å². The van der Waals surface area contributed by atoms with Crippen molar-refractivity contribution in [3.8, 4) is 0 Å². The number of hydrogen-bond acceptors (Lipinski definition) is 2. The predicted octanol–water partition coefficient (Wildman–Crippen LogP) is 1.88. The molecule has 0 aromatic carbocycles. The van der Waals surface area contributed by atoms with E-state index in [2.05, 4.69) is 30.6 Å². The molecule has 1 heterocycles. The van der Waals surface area contributed by atoms with Gasteiger partial charge in [-0.2, -0.15) is 5.10 Å². The molecule has 0 saturated carbocycles. The van der Waals surface area contributed by atoms with Crippen molar-refractivity contribution in [2.24, 2.45) is 11.1 Å². The molecule has 3 heteroatoms. The first-order valence-corrected chi connectivity index (χ1v) is 5.33. The lowest BCUT2D eigenvalue weighted by Crippen LogP contribution is -2.30. The molecule has 1 unspecified atom stereocenters. The van der Waals surface area contributed by atoms with Crippen molar-refractivity contribution in [1.29, 1.82) is 0 Å². The first kappa shape index (κ1) is 9.71. The topological polar surface area (TPSA) is 43.8 Å².